The molecule has 2 heterocycles. The fourth-order valence-corrected chi connectivity index (χ4v) is 3.72. The molecule has 108 valence electrons. The van der Waals surface area contributed by atoms with E-state index in [0.717, 1.165) is 25.9 Å². The van der Waals surface area contributed by atoms with Crippen LogP contribution in [0.25, 0.3) is 20.3 Å². The van der Waals surface area contributed by atoms with Crippen molar-refractivity contribution in [1.29, 1.82) is 0 Å². The van der Waals surface area contributed by atoms with Gasteiger partial charge in [-0.15, -0.1) is 11.3 Å². The second kappa shape index (κ2) is 5.07. The molecule has 0 N–H and O–H groups in total. The van der Waals surface area contributed by atoms with Crippen molar-refractivity contribution in [3.63, 3.8) is 0 Å². The van der Waals surface area contributed by atoms with Gasteiger partial charge in [0.25, 0.3) is 5.56 Å². The summed E-state index contributed by atoms with van der Waals surface area (Å²) in [5.74, 6) is 0. The van der Waals surface area contributed by atoms with Gasteiger partial charge in [-0.3, -0.25) is 9.36 Å². The summed E-state index contributed by atoms with van der Waals surface area (Å²) in [6.45, 7) is 2.61. The maximum absolute atomic E-state index is 12.7. The van der Waals surface area contributed by atoms with Crippen molar-refractivity contribution in [1.82, 2.24) is 9.55 Å². The highest BCUT2D eigenvalue weighted by molar-refractivity contribution is 7.25. The summed E-state index contributed by atoms with van der Waals surface area (Å²) in [5, 5.41) is 1.06. The van der Waals surface area contributed by atoms with Crippen molar-refractivity contribution in [2.75, 3.05) is 0 Å². The Morgan fingerprint density at radius 3 is 2.68 bits per heavy atom. The zero-order valence-corrected chi connectivity index (χ0v) is 12.9. The van der Waals surface area contributed by atoms with Crippen LogP contribution in [-0.2, 0) is 6.54 Å². The van der Waals surface area contributed by atoms with E-state index in [-0.39, 0.29) is 5.56 Å². The second-order valence-corrected chi connectivity index (χ2v) is 6.49. The van der Waals surface area contributed by atoms with Gasteiger partial charge < -0.3 is 0 Å². The van der Waals surface area contributed by atoms with Gasteiger partial charge in [-0.05, 0) is 18.6 Å². The number of rotatable bonds is 2. The van der Waals surface area contributed by atoms with E-state index in [1.54, 1.807) is 10.9 Å². The average molecular weight is 306 g/mol. The first-order chi connectivity index (χ1) is 10.7. The van der Waals surface area contributed by atoms with Crippen LogP contribution in [0.15, 0.2) is 59.7 Å². The van der Waals surface area contributed by atoms with Crippen LogP contribution in [0.1, 0.15) is 11.1 Å². The molecule has 4 heteroatoms. The number of aryl methyl sites for hydroxylation is 1. The Labute approximate surface area is 131 Å². The molecule has 0 fully saturated rings. The summed E-state index contributed by atoms with van der Waals surface area (Å²) in [4.78, 5) is 17.2. The Balaban J connectivity index is 1.85. The van der Waals surface area contributed by atoms with E-state index < -0.39 is 0 Å². The molecule has 3 nitrogen and oxygen atoms in total. The molecule has 0 bridgehead atoms. The van der Waals surface area contributed by atoms with Crippen molar-refractivity contribution in [2.24, 2.45) is 0 Å². The van der Waals surface area contributed by atoms with Crippen molar-refractivity contribution in [2.45, 2.75) is 13.5 Å². The molecule has 0 aliphatic heterocycles. The normalized spacial score (nSPS) is 11.3. The topological polar surface area (TPSA) is 34.9 Å². The minimum Gasteiger partial charge on any atom is -0.294 e. The first kappa shape index (κ1) is 13.2. The third-order valence-electron chi connectivity index (χ3n) is 3.82. The highest BCUT2D eigenvalue weighted by atomic mass is 32.1. The van der Waals surface area contributed by atoms with Crippen molar-refractivity contribution in [3.05, 3.63) is 76.3 Å². The Morgan fingerprint density at radius 1 is 1.09 bits per heavy atom. The number of benzene rings is 2. The van der Waals surface area contributed by atoms with Gasteiger partial charge in [0, 0.05) is 10.1 Å². The molecule has 22 heavy (non-hydrogen) atoms. The molecular formula is C18H14N2OS. The van der Waals surface area contributed by atoms with E-state index >= 15 is 0 Å². The van der Waals surface area contributed by atoms with Crippen molar-refractivity contribution < 1.29 is 0 Å². The Kier molecular flexibility index (Phi) is 3.05. The molecule has 0 spiro atoms. The molecule has 0 amide bonds. The number of nitrogens with zero attached hydrogens (tertiary/aromatic N) is 2. The van der Waals surface area contributed by atoms with Crippen LogP contribution < -0.4 is 5.56 Å². The predicted octanol–water partition coefficient (Wildman–Crippen LogP) is 3.97. The van der Waals surface area contributed by atoms with E-state index in [1.807, 2.05) is 24.3 Å². The molecule has 0 unspecified atom stereocenters. The SMILES string of the molecule is Cc1ccc(Cn2cnc3c(sc4ccccc43)c2=O)cc1. The van der Waals surface area contributed by atoms with E-state index in [1.165, 1.54) is 16.9 Å². The maximum Gasteiger partial charge on any atom is 0.271 e. The van der Waals surface area contributed by atoms with Gasteiger partial charge >= 0.3 is 0 Å². The third-order valence-corrected chi connectivity index (χ3v) is 4.97. The highest BCUT2D eigenvalue weighted by Gasteiger charge is 2.11. The Bertz CT molecular complexity index is 1030. The molecule has 0 atom stereocenters. The Morgan fingerprint density at radius 2 is 1.86 bits per heavy atom. The van der Waals surface area contributed by atoms with E-state index in [9.17, 15) is 4.79 Å². The van der Waals surface area contributed by atoms with Crippen LogP contribution in [-0.4, -0.2) is 9.55 Å². The van der Waals surface area contributed by atoms with Crippen molar-refractivity contribution >= 4 is 31.6 Å². The van der Waals surface area contributed by atoms with Gasteiger partial charge in [-0.25, -0.2) is 4.98 Å². The quantitative estimate of drug-likeness (QED) is 0.562. The number of fused-ring (bicyclic) bond motifs is 3. The predicted molar refractivity (Wildman–Crippen MR) is 91.7 cm³/mol. The fraction of sp³-hybridized carbons (Fsp3) is 0.111. The molecule has 0 aliphatic rings. The largest absolute Gasteiger partial charge is 0.294 e. The molecule has 0 aliphatic carbocycles. The zero-order valence-electron chi connectivity index (χ0n) is 12.1. The lowest BCUT2D eigenvalue weighted by Gasteiger charge is -2.05. The summed E-state index contributed by atoms with van der Waals surface area (Å²) < 4.78 is 3.52. The number of hydrogen-bond acceptors (Lipinski definition) is 3. The summed E-state index contributed by atoms with van der Waals surface area (Å²) in [6.07, 6.45) is 1.66. The molecule has 2 aromatic heterocycles. The Hall–Kier alpha value is -2.46. The molecular weight excluding hydrogens is 292 g/mol. The van der Waals surface area contributed by atoms with Gasteiger partial charge in [0.1, 0.15) is 4.70 Å². The smallest absolute Gasteiger partial charge is 0.271 e. The molecule has 0 saturated carbocycles. The summed E-state index contributed by atoms with van der Waals surface area (Å²) in [6, 6.07) is 16.2. The minimum atomic E-state index is 0.0341. The molecule has 2 aromatic carbocycles. The van der Waals surface area contributed by atoms with E-state index in [0.29, 0.717) is 6.54 Å². The summed E-state index contributed by atoms with van der Waals surface area (Å²) >= 11 is 1.52. The molecule has 4 aromatic rings. The lowest BCUT2D eigenvalue weighted by molar-refractivity contribution is 0.750. The van der Waals surface area contributed by atoms with Crippen LogP contribution in [0.2, 0.25) is 0 Å². The molecule has 4 rings (SSSR count). The van der Waals surface area contributed by atoms with Crippen LogP contribution in [0.5, 0.6) is 0 Å². The van der Waals surface area contributed by atoms with Crippen LogP contribution in [0.3, 0.4) is 0 Å². The fourth-order valence-electron chi connectivity index (χ4n) is 2.62. The van der Waals surface area contributed by atoms with Crippen LogP contribution in [0.4, 0.5) is 0 Å². The average Bonchev–Trinajstić information content (AvgIpc) is 2.92. The maximum atomic E-state index is 12.7. The van der Waals surface area contributed by atoms with Crippen LogP contribution in [0, 0.1) is 6.92 Å². The van der Waals surface area contributed by atoms with Gasteiger partial charge in [0.05, 0.1) is 18.4 Å². The zero-order chi connectivity index (χ0) is 15.1. The van der Waals surface area contributed by atoms with Crippen LogP contribution >= 0.6 is 11.3 Å². The number of thiophene rings is 1. The standard InChI is InChI=1S/C18H14N2OS/c1-12-6-8-13(9-7-12)10-20-11-19-16-14-4-2-3-5-15(14)22-17(16)18(20)21/h2-9,11H,10H2,1H3. The summed E-state index contributed by atoms with van der Waals surface area (Å²) in [5.41, 5.74) is 3.17. The van der Waals surface area contributed by atoms with Gasteiger partial charge in [-0.2, -0.15) is 0 Å². The second-order valence-electron chi connectivity index (χ2n) is 5.44. The van der Waals surface area contributed by atoms with E-state index in [2.05, 4.69) is 36.2 Å². The van der Waals surface area contributed by atoms with Crippen molar-refractivity contribution in [3.8, 4) is 0 Å². The summed E-state index contributed by atoms with van der Waals surface area (Å²) in [7, 11) is 0. The first-order valence-corrected chi connectivity index (χ1v) is 7.96. The lowest BCUT2D eigenvalue weighted by Crippen LogP contribution is -2.20. The minimum absolute atomic E-state index is 0.0341. The number of aromatic nitrogens is 2. The van der Waals surface area contributed by atoms with Gasteiger partial charge in [0.15, 0.2) is 0 Å². The first-order valence-electron chi connectivity index (χ1n) is 7.14. The third kappa shape index (κ3) is 2.12. The lowest BCUT2D eigenvalue weighted by atomic mass is 10.1. The monoisotopic (exact) mass is 306 g/mol. The highest BCUT2D eigenvalue weighted by Crippen LogP contribution is 2.29. The van der Waals surface area contributed by atoms with Gasteiger partial charge in [0.2, 0.25) is 0 Å². The van der Waals surface area contributed by atoms with Gasteiger partial charge in [-0.1, -0.05) is 48.0 Å². The molecule has 0 saturated heterocycles. The van der Waals surface area contributed by atoms with E-state index in [4.69, 9.17) is 0 Å². The molecule has 0 radical (unpaired) electrons. The number of hydrogen-bond donors (Lipinski definition) is 0.